The van der Waals surface area contributed by atoms with Crippen LogP contribution in [0.5, 0.6) is 5.75 Å². The van der Waals surface area contributed by atoms with Crippen LogP contribution < -0.4 is 4.74 Å². The molecule has 3 rings (SSSR count). The van der Waals surface area contributed by atoms with Crippen LogP contribution in [-0.2, 0) is 4.79 Å². The maximum Gasteiger partial charge on any atom is 0.290 e. The lowest BCUT2D eigenvalue weighted by atomic mass is 9.95. The van der Waals surface area contributed by atoms with Crippen molar-refractivity contribution in [1.82, 2.24) is 9.80 Å². The monoisotopic (exact) mass is 386 g/mol. The van der Waals surface area contributed by atoms with Crippen molar-refractivity contribution in [2.45, 2.75) is 6.04 Å². The van der Waals surface area contributed by atoms with Crippen LogP contribution >= 0.6 is 11.3 Å². The Morgan fingerprint density at radius 3 is 2.70 bits per heavy atom. The third-order valence-corrected chi connectivity index (χ3v) is 5.36. The van der Waals surface area contributed by atoms with Crippen molar-refractivity contribution in [1.29, 1.82) is 0 Å². The van der Waals surface area contributed by atoms with Crippen LogP contribution in [0.15, 0.2) is 53.1 Å². The molecule has 2 heterocycles. The van der Waals surface area contributed by atoms with E-state index in [9.17, 15) is 14.7 Å². The second kappa shape index (κ2) is 7.94. The predicted molar refractivity (Wildman–Crippen MR) is 104 cm³/mol. The van der Waals surface area contributed by atoms with Crippen molar-refractivity contribution in [3.8, 4) is 5.75 Å². The van der Waals surface area contributed by atoms with Crippen LogP contribution in [0.1, 0.15) is 21.3 Å². The molecule has 1 aromatic heterocycles. The van der Waals surface area contributed by atoms with E-state index in [1.807, 2.05) is 31.1 Å². The summed E-state index contributed by atoms with van der Waals surface area (Å²) in [7, 11) is 5.38. The second-order valence-corrected chi connectivity index (χ2v) is 7.50. The first-order valence-corrected chi connectivity index (χ1v) is 9.43. The minimum atomic E-state index is -0.651. The lowest BCUT2D eigenvalue weighted by Crippen LogP contribution is -2.36. The van der Waals surface area contributed by atoms with E-state index in [0.29, 0.717) is 23.7 Å². The van der Waals surface area contributed by atoms with Gasteiger partial charge in [0.2, 0.25) is 5.78 Å². The van der Waals surface area contributed by atoms with Crippen molar-refractivity contribution in [3.63, 3.8) is 0 Å². The molecule has 142 valence electrons. The number of amides is 1. The van der Waals surface area contributed by atoms with Crippen LogP contribution in [-0.4, -0.2) is 60.9 Å². The Bertz CT molecular complexity index is 874. The maximum atomic E-state index is 13.1. The molecule has 1 aliphatic heterocycles. The Balaban J connectivity index is 2.07. The summed E-state index contributed by atoms with van der Waals surface area (Å²) in [5.74, 6) is -0.692. The lowest BCUT2D eigenvalue weighted by molar-refractivity contribution is -0.129. The predicted octanol–water partition coefficient (Wildman–Crippen LogP) is 2.90. The number of carbonyl (C=O) groups is 2. The zero-order valence-corrected chi connectivity index (χ0v) is 16.3. The number of nitrogens with zero attached hydrogens (tertiary/aromatic N) is 2. The Morgan fingerprint density at radius 1 is 1.30 bits per heavy atom. The van der Waals surface area contributed by atoms with Crippen molar-refractivity contribution in [2.75, 3.05) is 34.3 Å². The SMILES string of the molecule is COc1cccc(C2C(C(=O)c3cccs3)=C(O)C(=O)N2CCN(C)C)c1. The zero-order valence-electron chi connectivity index (χ0n) is 15.5. The number of ether oxygens (including phenoxy) is 1. The number of thiophene rings is 1. The number of carbonyl (C=O) groups excluding carboxylic acids is 2. The molecule has 0 saturated heterocycles. The molecule has 0 spiro atoms. The molecule has 7 heteroatoms. The molecule has 1 N–H and O–H groups in total. The van der Waals surface area contributed by atoms with E-state index in [-0.39, 0.29) is 11.4 Å². The number of methoxy groups -OCH3 is 1. The highest BCUT2D eigenvalue weighted by Gasteiger charge is 2.43. The molecule has 0 saturated carbocycles. The molecule has 1 aromatic carbocycles. The number of aliphatic hydroxyl groups is 1. The van der Waals surface area contributed by atoms with Crippen LogP contribution in [0.3, 0.4) is 0 Å². The number of likely N-dealkylation sites (N-methyl/N-ethyl adjacent to an activating group) is 1. The van der Waals surface area contributed by atoms with Gasteiger partial charge in [-0.25, -0.2) is 0 Å². The fourth-order valence-corrected chi connectivity index (χ4v) is 3.80. The minimum absolute atomic E-state index is 0.120. The lowest BCUT2D eigenvalue weighted by Gasteiger charge is -2.28. The van der Waals surface area contributed by atoms with E-state index in [0.717, 1.165) is 5.56 Å². The van der Waals surface area contributed by atoms with Gasteiger partial charge in [-0.1, -0.05) is 18.2 Å². The zero-order chi connectivity index (χ0) is 19.6. The Labute approximate surface area is 162 Å². The number of ketones is 1. The van der Waals surface area contributed by atoms with Gasteiger partial charge in [0.1, 0.15) is 5.75 Å². The third kappa shape index (κ3) is 3.74. The van der Waals surface area contributed by atoms with Crippen LogP contribution in [0.2, 0.25) is 0 Å². The van der Waals surface area contributed by atoms with E-state index in [4.69, 9.17) is 4.74 Å². The van der Waals surface area contributed by atoms with Gasteiger partial charge >= 0.3 is 0 Å². The van der Waals surface area contributed by atoms with E-state index < -0.39 is 17.7 Å². The molecule has 0 bridgehead atoms. The van der Waals surface area contributed by atoms with Gasteiger partial charge in [0.05, 0.1) is 23.6 Å². The molecular weight excluding hydrogens is 364 g/mol. The molecule has 0 aliphatic carbocycles. The summed E-state index contributed by atoms with van der Waals surface area (Å²) in [5, 5.41) is 12.3. The third-order valence-electron chi connectivity index (χ3n) is 4.49. The molecule has 1 aliphatic rings. The molecule has 6 nitrogen and oxygen atoms in total. The summed E-state index contributed by atoms with van der Waals surface area (Å²) < 4.78 is 5.30. The second-order valence-electron chi connectivity index (χ2n) is 6.55. The van der Waals surface area contributed by atoms with Gasteiger partial charge in [0.25, 0.3) is 5.91 Å². The molecule has 1 unspecified atom stereocenters. The van der Waals surface area contributed by atoms with Gasteiger partial charge in [-0.2, -0.15) is 0 Å². The molecule has 2 aromatic rings. The summed E-state index contributed by atoms with van der Waals surface area (Å²) in [6.07, 6.45) is 0. The molecule has 0 fully saturated rings. The van der Waals surface area contributed by atoms with E-state index in [2.05, 4.69) is 0 Å². The standard InChI is InChI=1S/C20H22N2O4S/c1-21(2)9-10-22-17(13-6-4-7-14(12-13)26-3)16(19(24)20(22)25)18(23)15-8-5-11-27-15/h4-8,11-12,17,24H,9-10H2,1-3H3. The maximum absolute atomic E-state index is 13.1. The highest BCUT2D eigenvalue weighted by atomic mass is 32.1. The molecule has 1 amide bonds. The number of hydrogen-bond acceptors (Lipinski definition) is 6. The topological polar surface area (TPSA) is 70.1 Å². The highest BCUT2D eigenvalue weighted by molar-refractivity contribution is 7.12. The molecular formula is C20H22N2O4S. The largest absolute Gasteiger partial charge is 0.503 e. The summed E-state index contributed by atoms with van der Waals surface area (Å²) >= 11 is 1.29. The van der Waals surface area contributed by atoms with E-state index >= 15 is 0 Å². The Kier molecular flexibility index (Phi) is 5.62. The number of hydrogen-bond donors (Lipinski definition) is 1. The summed E-state index contributed by atoms with van der Waals surface area (Å²) in [6.45, 7) is 0.999. The van der Waals surface area contributed by atoms with Crippen molar-refractivity contribution in [2.24, 2.45) is 0 Å². The first kappa shape index (κ1) is 19.1. The fraction of sp³-hybridized carbons (Fsp3) is 0.300. The van der Waals surface area contributed by atoms with Crippen LogP contribution in [0.25, 0.3) is 0 Å². The van der Waals surface area contributed by atoms with Crippen molar-refractivity contribution >= 4 is 23.0 Å². The summed E-state index contributed by atoms with van der Waals surface area (Å²) in [6, 6.07) is 10.1. The van der Waals surface area contributed by atoms with Gasteiger partial charge in [-0.3, -0.25) is 9.59 Å². The summed E-state index contributed by atoms with van der Waals surface area (Å²) in [4.78, 5) is 29.8. The fourth-order valence-electron chi connectivity index (χ4n) is 3.12. The van der Waals surface area contributed by atoms with Gasteiger partial charge in [0, 0.05) is 13.1 Å². The number of benzene rings is 1. The Morgan fingerprint density at radius 2 is 2.07 bits per heavy atom. The van der Waals surface area contributed by atoms with Crippen LogP contribution in [0.4, 0.5) is 0 Å². The normalized spacial score (nSPS) is 17.1. The van der Waals surface area contributed by atoms with Gasteiger partial charge in [0.15, 0.2) is 5.76 Å². The minimum Gasteiger partial charge on any atom is -0.503 e. The number of Topliss-reactive ketones (excluding diaryl/α,β-unsaturated/α-hetero) is 1. The van der Waals surface area contributed by atoms with Gasteiger partial charge < -0.3 is 19.6 Å². The first-order chi connectivity index (χ1) is 12.9. The van der Waals surface area contributed by atoms with E-state index in [1.54, 1.807) is 41.7 Å². The molecule has 27 heavy (non-hydrogen) atoms. The van der Waals surface area contributed by atoms with Crippen molar-refractivity contribution < 1.29 is 19.4 Å². The summed E-state index contributed by atoms with van der Waals surface area (Å²) in [5.41, 5.74) is 0.847. The van der Waals surface area contributed by atoms with Gasteiger partial charge in [-0.05, 0) is 43.2 Å². The van der Waals surface area contributed by atoms with Crippen LogP contribution in [0, 0.1) is 0 Å². The quantitative estimate of drug-likeness (QED) is 0.741. The average molecular weight is 386 g/mol. The average Bonchev–Trinajstić information content (AvgIpc) is 3.28. The molecule has 0 radical (unpaired) electrons. The van der Waals surface area contributed by atoms with Crippen molar-refractivity contribution in [3.05, 3.63) is 63.6 Å². The Hall–Kier alpha value is -2.64. The van der Waals surface area contributed by atoms with Gasteiger partial charge in [-0.15, -0.1) is 11.3 Å². The first-order valence-electron chi connectivity index (χ1n) is 8.55. The number of rotatable bonds is 7. The number of aliphatic hydroxyl groups excluding tert-OH is 1. The van der Waals surface area contributed by atoms with E-state index in [1.165, 1.54) is 11.3 Å². The molecule has 1 atom stereocenters. The highest BCUT2D eigenvalue weighted by Crippen LogP contribution is 2.40. The smallest absolute Gasteiger partial charge is 0.290 e.